The standard InChI is InChI=1S/C12H19N3O2S.ClH/c13-12(6-2-1-3-7-12)10-15-18(16,17)11-5-4-8-14-9-11;/h4-5,8-9,15H,1-3,6-7,10,13H2;1H. The molecule has 0 saturated heterocycles. The smallest absolute Gasteiger partial charge is 0.242 e. The topological polar surface area (TPSA) is 85.1 Å². The monoisotopic (exact) mass is 305 g/mol. The lowest BCUT2D eigenvalue weighted by Crippen LogP contribution is -2.51. The van der Waals surface area contributed by atoms with Crippen LogP contribution in [0.15, 0.2) is 29.4 Å². The zero-order chi connectivity index (χ0) is 13.1. The average molecular weight is 306 g/mol. The predicted octanol–water partition coefficient (Wildman–Crippen LogP) is 1.44. The molecule has 0 aliphatic heterocycles. The van der Waals surface area contributed by atoms with Crippen molar-refractivity contribution in [3.05, 3.63) is 24.5 Å². The van der Waals surface area contributed by atoms with E-state index in [0.717, 1.165) is 25.7 Å². The van der Waals surface area contributed by atoms with Crippen LogP contribution in [-0.4, -0.2) is 25.5 Å². The highest BCUT2D eigenvalue weighted by atomic mass is 35.5. The van der Waals surface area contributed by atoms with Gasteiger partial charge in [0.25, 0.3) is 0 Å². The van der Waals surface area contributed by atoms with Gasteiger partial charge in [0.05, 0.1) is 0 Å². The molecule has 1 saturated carbocycles. The van der Waals surface area contributed by atoms with Crippen LogP contribution in [0.2, 0.25) is 0 Å². The molecule has 0 unspecified atom stereocenters. The lowest BCUT2D eigenvalue weighted by molar-refractivity contribution is 0.296. The van der Waals surface area contributed by atoms with Gasteiger partial charge in [-0.25, -0.2) is 13.1 Å². The number of halogens is 1. The number of nitrogens with two attached hydrogens (primary N) is 1. The maximum Gasteiger partial charge on any atom is 0.242 e. The molecule has 0 amide bonds. The summed E-state index contributed by atoms with van der Waals surface area (Å²) in [6, 6.07) is 3.13. The third kappa shape index (κ3) is 4.42. The quantitative estimate of drug-likeness (QED) is 0.881. The Morgan fingerprint density at radius 1 is 1.32 bits per heavy atom. The lowest BCUT2D eigenvalue weighted by atomic mass is 9.83. The molecule has 0 aromatic carbocycles. The normalized spacial score (nSPS) is 18.6. The molecule has 1 aliphatic carbocycles. The van der Waals surface area contributed by atoms with E-state index < -0.39 is 15.6 Å². The number of hydrogen-bond acceptors (Lipinski definition) is 4. The maximum atomic E-state index is 12.0. The van der Waals surface area contributed by atoms with E-state index in [4.69, 9.17) is 5.73 Å². The Kier molecular flexibility index (Phi) is 5.73. The van der Waals surface area contributed by atoms with E-state index >= 15 is 0 Å². The molecule has 7 heteroatoms. The summed E-state index contributed by atoms with van der Waals surface area (Å²) >= 11 is 0. The van der Waals surface area contributed by atoms with Crippen LogP contribution >= 0.6 is 12.4 Å². The van der Waals surface area contributed by atoms with Crippen molar-refractivity contribution in [3.63, 3.8) is 0 Å². The molecule has 1 aromatic rings. The highest BCUT2D eigenvalue weighted by Gasteiger charge is 2.29. The predicted molar refractivity (Wildman–Crippen MR) is 76.7 cm³/mol. The van der Waals surface area contributed by atoms with Crippen LogP contribution in [0.25, 0.3) is 0 Å². The van der Waals surface area contributed by atoms with Gasteiger partial charge in [0, 0.05) is 24.5 Å². The van der Waals surface area contributed by atoms with Crippen LogP contribution in [-0.2, 0) is 10.0 Å². The zero-order valence-corrected chi connectivity index (χ0v) is 12.3. The molecular formula is C12H20ClN3O2S. The molecule has 0 atom stereocenters. The van der Waals surface area contributed by atoms with E-state index in [0.29, 0.717) is 6.54 Å². The fourth-order valence-corrected chi connectivity index (χ4v) is 3.36. The molecular weight excluding hydrogens is 286 g/mol. The minimum atomic E-state index is -3.49. The van der Waals surface area contributed by atoms with Gasteiger partial charge in [-0.3, -0.25) is 4.98 Å². The molecule has 0 bridgehead atoms. The van der Waals surface area contributed by atoms with Crippen molar-refractivity contribution in [2.45, 2.75) is 42.5 Å². The summed E-state index contributed by atoms with van der Waals surface area (Å²) in [5.74, 6) is 0. The molecule has 0 radical (unpaired) electrons. The highest BCUT2D eigenvalue weighted by molar-refractivity contribution is 7.89. The number of nitrogens with one attached hydrogen (secondary N) is 1. The van der Waals surface area contributed by atoms with Crippen molar-refractivity contribution in [2.24, 2.45) is 5.73 Å². The molecule has 1 aliphatic rings. The first-order valence-corrected chi connectivity index (χ1v) is 7.69. The van der Waals surface area contributed by atoms with E-state index in [1.165, 1.54) is 18.7 Å². The molecule has 108 valence electrons. The Hall–Kier alpha value is -0.690. The van der Waals surface area contributed by atoms with Crippen molar-refractivity contribution in [3.8, 4) is 0 Å². The van der Waals surface area contributed by atoms with Gasteiger partial charge >= 0.3 is 0 Å². The largest absolute Gasteiger partial charge is 0.324 e. The van der Waals surface area contributed by atoms with E-state index in [2.05, 4.69) is 9.71 Å². The van der Waals surface area contributed by atoms with Crippen LogP contribution in [0, 0.1) is 0 Å². The minimum Gasteiger partial charge on any atom is -0.324 e. The van der Waals surface area contributed by atoms with Crippen LogP contribution in [0.5, 0.6) is 0 Å². The summed E-state index contributed by atoms with van der Waals surface area (Å²) in [5.41, 5.74) is 5.81. The Balaban J connectivity index is 0.00000180. The summed E-state index contributed by atoms with van der Waals surface area (Å²) in [4.78, 5) is 4.00. The number of hydrogen-bond donors (Lipinski definition) is 2. The van der Waals surface area contributed by atoms with Crippen LogP contribution in [0.1, 0.15) is 32.1 Å². The van der Waals surface area contributed by atoms with Gasteiger partial charge < -0.3 is 5.73 Å². The Labute approximate surface area is 120 Å². The van der Waals surface area contributed by atoms with Crippen LogP contribution in [0.3, 0.4) is 0 Å². The summed E-state index contributed by atoms with van der Waals surface area (Å²) in [6.45, 7) is 0.296. The first-order valence-electron chi connectivity index (χ1n) is 6.20. The Morgan fingerprint density at radius 2 is 2.00 bits per heavy atom. The number of nitrogens with zero attached hydrogens (tertiary/aromatic N) is 1. The van der Waals surface area contributed by atoms with Gasteiger partial charge in [0.15, 0.2) is 0 Å². The Bertz CT molecular complexity index is 487. The first-order chi connectivity index (χ1) is 8.52. The van der Waals surface area contributed by atoms with Gasteiger partial charge in [0.1, 0.15) is 4.90 Å². The third-order valence-corrected chi connectivity index (χ3v) is 4.79. The molecule has 1 aromatic heterocycles. The lowest BCUT2D eigenvalue weighted by Gasteiger charge is -2.33. The molecule has 19 heavy (non-hydrogen) atoms. The molecule has 1 fully saturated rings. The maximum absolute atomic E-state index is 12.0. The average Bonchev–Trinajstić information content (AvgIpc) is 2.39. The van der Waals surface area contributed by atoms with Crippen LogP contribution in [0.4, 0.5) is 0 Å². The molecule has 2 rings (SSSR count). The summed E-state index contributed by atoms with van der Waals surface area (Å²) in [7, 11) is -3.49. The number of rotatable bonds is 4. The molecule has 3 N–H and O–H groups in total. The fraction of sp³-hybridized carbons (Fsp3) is 0.583. The molecule has 5 nitrogen and oxygen atoms in total. The second kappa shape index (κ2) is 6.65. The van der Waals surface area contributed by atoms with Crippen LogP contribution < -0.4 is 10.5 Å². The van der Waals surface area contributed by atoms with E-state index in [1.807, 2.05) is 0 Å². The molecule has 1 heterocycles. The summed E-state index contributed by atoms with van der Waals surface area (Å²) < 4.78 is 26.6. The van der Waals surface area contributed by atoms with Gasteiger partial charge in [-0.1, -0.05) is 19.3 Å². The van der Waals surface area contributed by atoms with Gasteiger partial charge in [-0.15, -0.1) is 12.4 Å². The second-order valence-electron chi connectivity index (χ2n) is 4.94. The summed E-state index contributed by atoms with van der Waals surface area (Å²) in [6.07, 6.45) is 7.98. The van der Waals surface area contributed by atoms with E-state index in [9.17, 15) is 8.42 Å². The minimum absolute atomic E-state index is 0. The molecule has 0 spiro atoms. The third-order valence-electron chi connectivity index (χ3n) is 3.41. The fourth-order valence-electron chi connectivity index (χ4n) is 2.26. The van der Waals surface area contributed by atoms with Crippen molar-refractivity contribution in [1.82, 2.24) is 9.71 Å². The van der Waals surface area contributed by atoms with Crippen molar-refractivity contribution in [2.75, 3.05) is 6.54 Å². The first kappa shape index (κ1) is 16.4. The number of sulfonamides is 1. The van der Waals surface area contributed by atoms with Gasteiger partial charge in [0.2, 0.25) is 10.0 Å². The second-order valence-corrected chi connectivity index (χ2v) is 6.70. The van der Waals surface area contributed by atoms with E-state index in [1.54, 1.807) is 12.3 Å². The highest BCUT2D eigenvalue weighted by Crippen LogP contribution is 2.25. The SMILES string of the molecule is Cl.NC1(CNS(=O)(=O)c2cccnc2)CCCCC1. The van der Waals surface area contributed by atoms with Gasteiger partial charge in [-0.05, 0) is 25.0 Å². The number of pyridine rings is 1. The van der Waals surface area contributed by atoms with Crippen molar-refractivity contribution in [1.29, 1.82) is 0 Å². The Morgan fingerprint density at radius 3 is 2.58 bits per heavy atom. The number of aromatic nitrogens is 1. The van der Waals surface area contributed by atoms with E-state index in [-0.39, 0.29) is 17.3 Å². The van der Waals surface area contributed by atoms with Crippen molar-refractivity contribution >= 4 is 22.4 Å². The van der Waals surface area contributed by atoms with Gasteiger partial charge in [-0.2, -0.15) is 0 Å². The zero-order valence-electron chi connectivity index (χ0n) is 10.7. The van der Waals surface area contributed by atoms with Crippen molar-refractivity contribution < 1.29 is 8.42 Å². The summed E-state index contributed by atoms with van der Waals surface area (Å²) in [5, 5.41) is 0.